The van der Waals surface area contributed by atoms with E-state index in [1.165, 1.54) is 0 Å². The van der Waals surface area contributed by atoms with Crippen LogP contribution >= 0.6 is 0 Å². The molecule has 0 aliphatic carbocycles. The van der Waals surface area contributed by atoms with Crippen LogP contribution in [0.3, 0.4) is 0 Å². The Labute approximate surface area is 168 Å². The molecule has 0 aliphatic rings. The SMILES string of the molecule is COc1ccc(Nc2cc(C)nc3cc(-c4ccc(OC)c(OC)c4)nn23)cc1. The maximum atomic E-state index is 5.42. The maximum Gasteiger partial charge on any atom is 0.161 e. The Morgan fingerprint density at radius 2 is 1.59 bits per heavy atom. The Morgan fingerprint density at radius 1 is 0.828 bits per heavy atom. The lowest BCUT2D eigenvalue weighted by atomic mass is 10.1. The number of fused-ring (bicyclic) bond motifs is 1. The summed E-state index contributed by atoms with van der Waals surface area (Å²) in [5.41, 5.74) is 4.29. The highest BCUT2D eigenvalue weighted by molar-refractivity contribution is 5.69. The van der Waals surface area contributed by atoms with Crippen molar-refractivity contribution in [2.75, 3.05) is 26.6 Å². The molecule has 7 nitrogen and oxygen atoms in total. The molecule has 2 aromatic carbocycles. The number of rotatable bonds is 6. The molecule has 0 unspecified atom stereocenters. The van der Waals surface area contributed by atoms with Crippen molar-refractivity contribution in [1.82, 2.24) is 14.6 Å². The van der Waals surface area contributed by atoms with E-state index in [2.05, 4.69) is 10.3 Å². The topological polar surface area (TPSA) is 69.9 Å². The van der Waals surface area contributed by atoms with Crippen molar-refractivity contribution in [2.45, 2.75) is 6.92 Å². The van der Waals surface area contributed by atoms with E-state index < -0.39 is 0 Å². The maximum absolute atomic E-state index is 5.42. The molecule has 148 valence electrons. The van der Waals surface area contributed by atoms with Crippen LogP contribution < -0.4 is 19.5 Å². The highest BCUT2D eigenvalue weighted by atomic mass is 16.5. The van der Waals surface area contributed by atoms with Crippen LogP contribution in [0.4, 0.5) is 11.5 Å². The second-order valence-corrected chi connectivity index (χ2v) is 6.51. The number of benzene rings is 2. The fourth-order valence-electron chi connectivity index (χ4n) is 3.15. The molecule has 7 heteroatoms. The molecule has 4 rings (SSSR count). The quantitative estimate of drug-likeness (QED) is 0.524. The van der Waals surface area contributed by atoms with E-state index in [-0.39, 0.29) is 0 Å². The minimum absolute atomic E-state index is 0.655. The Kier molecular flexibility index (Phi) is 4.95. The van der Waals surface area contributed by atoms with Crippen LogP contribution in [0.25, 0.3) is 16.9 Å². The molecule has 0 saturated heterocycles. The summed E-state index contributed by atoms with van der Waals surface area (Å²) in [5, 5.41) is 8.16. The van der Waals surface area contributed by atoms with E-state index in [4.69, 9.17) is 19.3 Å². The molecule has 0 aliphatic heterocycles. The van der Waals surface area contributed by atoms with E-state index >= 15 is 0 Å². The number of anilines is 2. The summed E-state index contributed by atoms with van der Waals surface area (Å²) < 4.78 is 17.8. The third kappa shape index (κ3) is 3.67. The molecular formula is C22H22N4O3. The molecule has 0 radical (unpaired) electrons. The van der Waals surface area contributed by atoms with Gasteiger partial charge in [-0.1, -0.05) is 0 Å². The Hall–Kier alpha value is -3.74. The van der Waals surface area contributed by atoms with Crippen molar-refractivity contribution in [3.63, 3.8) is 0 Å². The van der Waals surface area contributed by atoms with Gasteiger partial charge in [0, 0.05) is 29.1 Å². The third-order valence-corrected chi connectivity index (χ3v) is 4.60. The van der Waals surface area contributed by atoms with E-state index in [1.54, 1.807) is 25.8 Å². The minimum Gasteiger partial charge on any atom is -0.497 e. The summed E-state index contributed by atoms with van der Waals surface area (Å²) in [6, 6.07) is 17.4. The third-order valence-electron chi connectivity index (χ3n) is 4.60. The Balaban J connectivity index is 1.74. The van der Waals surface area contributed by atoms with Crippen molar-refractivity contribution in [1.29, 1.82) is 0 Å². The lowest BCUT2D eigenvalue weighted by Crippen LogP contribution is -2.02. The van der Waals surface area contributed by atoms with Crippen LogP contribution in [-0.4, -0.2) is 35.9 Å². The van der Waals surface area contributed by atoms with Crippen molar-refractivity contribution >= 4 is 17.2 Å². The first-order valence-corrected chi connectivity index (χ1v) is 9.12. The van der Waals surface area contributed by atoms with Crippen molar-refractivity contribution < 1.29 is 14.2 Å². The van der Waals surface area contributed by atoms with E-state index in [0.29, 0.717) is 11.5 Å². The largest absolute Gasteiger partial charge is 0.497 e. The average molecular weight is 390 g/mol. The summed E-state index contributed by atoms with van der Waals surface area (Å²) in [4.78, 5) is 4.61. The molecule has 2 heterocycles. The molecule has 4 aromatic rings. The van der Waals surface area contributed by atoms with Gasteiger partial charge in [0.25, 0.3) is 0 Å². The van der Waals surface area contributed by atoms with Crippen LogP contribution in [0.2, 0.25) is 0 Å². The fraction of sp³-hybridized carbons (Fsp3) is 0.182. The molecule has 29 heavy (non-hydrogen) atoms. The van der Waals surface area contributed by atoms with Gasteiger partial charge >= 0.3 is 0 Å². The molecule has 1 N–H and O–H groups in total. The fourth-order valence-corrected chi connectivity index (χ4v) is 3.15. The average Bonchev–Trinajstić information content (AvgIpc) is 3.18. The molecule has 0 fully saturated rings. The van der Waals surface area contributed by atoms with Crippen LogP contribution in [0.5, 0.6) is 17.2 Å². The zero-order chi connectivity index (χ0) is 20.4. The molecule has 0 amide bonds. The summed E-state index contributed by atoms with van der Waals surface area (Å²) in [5.74, 6) is 2.96. The van der Waals surface area contributed by atoms with Gasteiger partial charge in [-0.05, 0) is 49.4 Å². The van der Waals surface area contributed by atoms with Gasteiger partial charge < -0.3 is 19.5 Å². The van der Waals surface area contributed by atoms with Gasteiger partial charge in [0.2, 0.25) is 0 Å². The smallest absolute Gasteiger partial charge is 0.161 e. The van der Waals surface area contributed by atoms with Crippen molar-refractivity contribution in [2.24, 2.45) is 0 Å². The lowest BCUT2D eigenvalue weighted by Gasteiger charge is -2.10. The molecule has 0 saturated carbocycles. The van der Waals surface area contributed by atoms with Gasteiger partial charge in [-0.3, -0.25) is 0 Å². The summed E-state index contributed by atoms with van der Waals surface area (Å²) in [7, 11) is 4.89. The summed E-state index contributed by atoms with van der Waals surface area (Å²) in [6.45, 7) is 1.96. The van der Waals surface area contributed by atoms with Gasteiger partial charge in [-0.25, -0.2) is 4.98 Å². The first-order chi connectivity index (χ1) is 14.1. The predicted molar refractivity (Wildman–Crippen MR) is 113 cm³/mol. The van der Waals surface area contributed by atoms with Gasteiger partial charge in [-0.2, -0.15) is 9.61 Å². The van der Waals surface area contributed by atoms with Crippen LogP contribution in [0, 0.1) is 6.92 Å². The van der Waals surface area contributed by atoms with Crippen molar-refractivity contribution in [3.8, 4) is 28.5 Å². The second kappa shape index (κ2) is 7.71. The number of nitrogens with one attached hydrogen (secondary N) is 1. The zero-order valence-electron chi connectivity index (χ0n) is 16.8. The number of nitrogens with zero attached hydrogens (tertiary/aromatic N) is 3. The number of methoxy groups -OCH3 is 3. The first kappa shape index (κ1) is 18.6. The van der Waals surface area contributed by atoms with E-state index in [1.807, 2.05) is 61.5 Å². The number of hydrogen-bond acceptors (Lipinski definition) is 6. The predicted octanol–water partition coefficient (Wildman–Crippen LogP) is 4.47. The Bertz CT molecular complexity index is 1150. The highest BCUT2D eigenvalue weighted by Crippen LogP contribution is 2.32. The number of ether oxygens (including phenoxy) is 3. The van der Waals surface area contributed by atoms with Gasteiger partial charge in [0.15, 0.2) is 17.1 Å². The number of hydrogen-bond donors (Lipinski definition) is 1. The Morgan fingerprint density at radius 3 is 2.28 bits per heavy atom. The highest BCUT2D eigenvalue weighted by Gasteiger charge is 2.13. The van der Waals surface area contributed by atoms with Crippen LogP contribution in [-0.2, 0) is 0 Å². The molecule has 0 bridgehead atoms. The lowest BCUT2D eigenvalue weighted by molar-refractivity contribution is 0.355. The summed E-state index contributed by atoms with van der Waals surface area (Å²) in [6.07, 6.45) is 0. The van der Waals surface area contributed by atoms with E-state index in [0.717, 1.165) is 39.9 Å². The molecule has 2 aromatic heterocycles. The van der Waals surface area contributed by atoms with Crippen LogP contribution in [0.15, 0.2) is 54.6 Å². The standard InChI is InChI=1S/C22H22N4O3/c1-14-11-21(24-16-6-8-17(27-2)9-7-16)26-22(23-14)13-18(25-26)15-5-10-19(28-3)20(12-15)29-4/h5-13,24H,1-4H3. The van der Waals surface area contributed by atoms with Gasteiger partial charge in [-0.15, -0.1) is 0 Å². The van der Waals surface area contributed by atoms with Gasteiger partial charge in [0.1, 0.15) is 11.6 Å². The molecular weight excluding hydrogens is 368 g/mol. The zero-order valence-corrected chi connectivity index (χ0v) is 16.8. The summed E-state index contributed by atoms with van der Waals surface area (Å²) >= 11 is 0. The van der Waals surface area contributed by atoms with Crippen molar-refractivity contribution in [3.05, 3.63) is 60.3 Å². The van der Waals surface area contributed by atoms with Gasteiger partial charge in [0.05, 0.1) is 27.0 Å². The molecule has 0 spiro atoms. The molecule has 0 atom stereocenters. The van der Waals surface area contributed by atoms with E-state index in [9.17, 15) is 0 Å². The number of aryl methyl sites for hydroxylation is 1. The second-order valence-electron chi connectivity index (χ2n) is 6.51. The normalized spacial score (nSPS) is 10.8. The monoisotopic (exact) mass is 390 g/mol. The first-order valence-electron chi connectivity index (χ1n) is 9.12. The number of aromatic nitrogens is 3. The minimum atomic E-state index is 0.655. The van der Waals surface area contributed by atoms with Crippen LogP contribution in [0.1, 0.15) is 5.69 Å².